The number of amides is 1. The van der Waals surface area contributed by atoms with E-state index in [9.17, 15) is 9.59 Å². The average molecular weight is 391 g/mol. The lowest BCUT2D eigenvalue weighted by molar-refractivity contribution is 0.0693. The summed E-state index contributed by atoms with van der Waals surface area (Å²) < 4.78 is 5.83. The lowest BCUT2D eigenvalue weighted by Gasteiger charge is -2.11. The Morgan fingerprint density at radius 1 is 1.38 bits per heavy atom. The molecule has 2 rings (SSSR count). The Labute approximate surface area is 137 Å². The highest BCUT2D eigenvalue weighted by molar-refractivity contribution is 9.11. The number of anilines is 1. The van der Waals surface area contributed by atoms with Gasteiger partial charge >= 0.3 is 5.97 Å². The highest BCUT2D eigenvalue weighted by atomic mass is 79.9. The van der Waals surface area contributed by atoms with Gasteiger partial charge in [-0.05, 0) is 28.1 Å². The van der Waals surface area contributed by atoms with Crippen molar-refractivity contribution in [2.45, 2.75) is 0 Å². The van der Waals surface area contributed by atoms with Gasteiger partial charge in [0.2, 0.25) is 0 Å². The summed E-state index contributed by atoms with van der Waals surface area (Å²) in [5, 5.41) is 13.5. The molecule has 0 spiro atoms. The molecule has 0 unspecified atom stereocenters. The zero-order valence-corrected chi connectivity index (χ0v) is 13.8. The maximum Gasteiger partial charge on any atom is 0.339 e. The van der Waals surface area contributed by atoms with Crippen LogP contribution in [0.2, 0.25) is 5.02 Å². The van der Waals surface area contributed by atoms with Gasteiger partial charge in [0.1, 0.15) is 11.3 Å². The number of rotatable bonds is 4. The second-order valence-electron chi connectivity index (χ2n) is 3.93. The van der Waals surface area contributed by atoms with E-state index in [1.807, 2.05) is 0 Å². The molecule has 0 aliphatic heterocycles. The number of halogens is 2. The van der Waals surface area contributed by atoms with E-state index in [4.69, 9.17) is 21.4 Å². The number of carbonyl (C=O) groups excluding carboxylic acids is 1. The van der Waals surface area contributed by atoms with Crippen LogP contribution in [-0.4, -0.2) is 24.1 Å². The Balaban J connectivity index is 2.32. The first kappa shape index (κ1) is 15.8. The third-order valence-electron chi connectivity index (χ3n) is 2.60. The van der Waals surface area contributed by atoms with Crippen LogP contribution in [0.3, 0.4) is 0 Å². The van der Waals surface area contributed by atoms with E-state index in [2.05, 4.69) is 21.2 Å². The molecule has 5 nitrogen and oxygen atoms in total. The van der Waals surface area contributed by atoms with Crippen LogP contribution in [0.25, 0.3) is 0 Å². The minimum atomic E-state index is -1.16. The second kappa shape index (κ2) is 6.46. The van der Waals surface area contributed by atoms with Gasteiger partial charge in [0, 0.05) is 11.4 Å². The van der Waals surface area contributed by atoms with Crippen LogP contribution in [0, 0.1) is 0 Å². The van der Waals surface area contributed by atoms with E-state index in [1.165, 1.54) is 30.6 Å². The standard InChI is InChI=1S/C13H9BrClNO4S/c1-20-10-4-9(8(15)3-7(10)13(18)19)16-12(17)6-2-11(14)21-5-6/h2-5H,1H3,(H,16,17)(H,18,19). The minimum absolute atomic E-state index is 0.0706. The molecule has 0 bridgehead atoms. The third-order valence-corrected chi connectivity index (χ3v) is 4.41. The molecule has 0 saturated carbocycles. The summed E-state index contributed by atoms with van der Waals surface area (Å²) in [4.78, 5) is 23.1. The Morgan fingerprint density at radius 3 is 2.62 bits per heavy atom. The zero-order chi connectivity index (χ0) is 15.6. The largest absolute Gasteiger partial charge is 0.496 e. The van der Waals surface area contributed by atoms with E-state index >= 15 is 0 Å². The SMILES string of the molecule is COc1cc(NC(=O)c2csc(Br)c2)c(Cl)cc1C(=O)O. The molecule has 0 fully saturated rings. The zero-order valence-electron chi connectivity index (χ0n) is 10.6. The van der Waals surface area contributed by atoms with E-state index in [0.717, 1.165) is 3.79 Å². The molecule has 1 aromatic heterocycles. The molecule has 0 atom stereocenters. The molecule has 1 aromatic carbocycles. The molecular weight excluding hydrogens is 382 g/mol. The van der Waals surface area contributed by atoms with Crippen molar-refractivity contribution < 1.29 is 19.4 Å². The predicted molar refractivity (Wildman–Crippen MR) is 84.9 cm³/mol. The van der Waals surface area contributed by atoms with Crippen molar-refractivity contribution >= 4 is 56.4 Å². The minimum Gasteiger partial charge on any atom is -0.496 e. The van der Waals surface area contributed by atoms with Crippen LogP contribution >= 0.6 is 38.9 Å². The number of carboxylic acids is 1. The van der Waals surface area contributed by atoms with Crippen molar-refractivity contribution in [3.05, 3.63) is 43.5 Å². The molecule has 0 aliphatic carbocycles. The highest BCUT2D eigenvalue weighted by Crippen LogP contribution is 2.31. The number of ether oxygens (including phenoxy) is 1. The van der Waals surface area contributed by atoms with Crippen molar-refractivity contribution in [3.63, 3.8) is 0 Å². The highest BCUT2D eigenvalue weighted by Gasteiger charge is 2.17. The molecule has 0 aliphatic rings. The Kier molecular flexibility index (Phi) is 4.87. The van der Waals surface area contributed by atoms with Crippen molar-refractivity contribution in [2.75, 3.05) is 12.4 Å². The van der Waals surface area contributed by atoms with Crippen LogP contribution in [-0.2, 0) is 0 Å². The number of nitrogens with one attached hydrogen (secondary N) is 1. The summed E-state index contributed by atoms with van der Waals surface area (Å²) in [6.07, 6.45) is 0. The summed E-state index contributed by atoms with van der Waals surface area (Å²) >= 11 is 10.7. The number of methoxy groups -OCH3 is 1. The van der Waals surface area contributed by atoms with Gasteiger partial charge in [-0.3, -0.25) is 4.79 Å². The molecule has 2 N–H and O–H groups in total. The third kappa shape index (κ3) is 3.55. The van der Waals surface area contributed by atoms with Gasteiger partial charge < -0.3 is 15.2 Å². The van der Waals surface area contributed by atoms with Crippen LogP contribution in [0.5, 0.6) is 5.75 Å². The number of aromatic carboxylic acids is 1. The Morgan fingerprint density at radius 2 is 2.10 bits per heavy atom. The van der Waals surface area contributed by atoms with Crippen molar-refractivity contribution in [1.29, 1.82) is 0 Å². The first-order valence-corrected chi connectivity index (χ1v) is 7.63. The van der Waals surface area contributed by atoms with Gasteiger partial charge in [-0.1, -0.05) is 11.6 Å². The average Bonchev–Trinajstić information content (AvgIpc) is 2.87. The van der Waals surface area contributed by atoms with Crippen LogP contribution in [0.15, 0.2) is 27.4 Å². The quantitative estimate of drug-likeness (QED) is 0.823. The van der Waals surface area contributed by atoms with Crippen molar-refractivity contribution in [3.8, 4) is 5.75 Å². The number of carboxylic acid groups (broad SMARTS) is 1. The van der Waals surface area contributed by atoms with Gasteiger partial charge in [-0.25, -0.2) is 4.79 Å². The number of hydrogen-bond donors (Lipinski definition) is 2. The van der Waals surface area contributed by atoms with E-state index in [1.54, 1.807) is 11.4 Å². The first-order valence-electron chi connectivity index (χ1n) is 5.58. The lowest BCUT2D eigenvalue weighted by Crippen LogP contribution is -2.12. The molecule has 2 aromatic rings. The second-order valence-corrected chi connectivity index (χ2v) is 6.63. The Bertz CT molecular complexity index is 716. The van der Waals surface area contributed by atoms with Crippen molar-refractivity contribution in [1.82, 2.24) is 0 Å². The van der Waals surface area contributed by atoms with E-state index in [0.29, 0.717) is 5.56 Å². The van der Waals surface area contributed by atoms with Gasteiger partial charge in [0.05, 0.1) is 27.2 Å². The molecule has 110 valence electrons. The molecule has 1 heterocycles. The normalized spacial score (nSPS) is 10.2. The summed E-state index contributed by atoms with van der Waals surface area (Å²) in [6.45, 7) is 0. The maximum absolute atomic E-state index is 12.1. The molecule has 8 heteroatoms. The fraction of sp³-hybridized carbons (Fsp3) is 0.0769. The van der Waals surface area contributed by atoms with Gasteiger partial charge in [0.25, 0.3) is 5.91 Å². The number of hydrogen-bond acceptors (Lipinski definition) is 4. The maximum atomic E-state index is 12.1. The number of carbonyl (C=O) groups is 2. The van der Waals surface area contributed by atoms with E-state index < -0.39 is 5.97 Å². The molecule has 21 heavy (non-hydrogen) atoms. The summed E-state index contributed by atoms with van der Waals surface area (Å²) in [5.41, 5.74) is 0.689. The fourth-order valence-corrected chi connectivity index (χ4v) is 2.96. The summed E-state index contributed by atoms with van der Waals surface area (Å²) in [5.74, 6) is -1.38. The fourth-order valence-electron chi connectivity index (χ4n) is 1.61. The summed E-state index contributed by atoms with van der Waals surface area (Å²) in [7, 11) is 1.34. The molecule has 0 radical (unpaired) electrons. The Hall–Kier alpha value is -1.57. The van der Waals surface area contributed by atoms with Gasteiger partial charge in [0.15, 0.2) is 0 Å². The smallest absolute Gasteiger partial charge is 0.339 e. The predicted octanol–water partition coefficient (Wildman–Crippen LogP) is 4.12. The monoisotopic (exact) mass is 389 g/mol. The van der Waals surface area contributed by atoms with Gasteiger partial charge in [-0.2, -0.15) is 0 Å². The number of benzene rings is 1. The molecule has 0 saturated heterocycles. The molecule has 1 amide bonds. The van der Waals surface area contributed by atoms with Crippen molar-refractivity contribution in [2.24, 2.45) is 0 Å². The molecular formula is C13H9BrClNO4S. The van der Waals surface area contributed by atoms with E-state index in [-0.39, 0.29) is 27.9 Å². The topological polar surface area (TPSA) is 75.6 Å². The number of thiophene rings is 1. The first-order chi connectivity index (χ1) is 9.92. The van der Waals surface area contributed by atoms with Gasteiger partial charge in [-0.15, -0.1) is 11.3 Å². The van der Waals surface area contributed by atoms with Crippen LogP contribution in [0.1, 0.15) is 20.7 Å². The van der Waals surface area contributed by atoms with Crippen LogP contribution < -0.4 is 10.1 Å². The lowest BCUT2D eigenvalue weighted by atomic mass is 10.1. The summed E-state index contributed by atoms with van der Waals surface area (Å²) in [6, 6.07) is 4.30. The van der Waals surface area contributed by atoms with Crippen LogP contribution in [0.4, 0.5) is 5.69 Å².